The second-order valence-corrected chi connectivity index (χ2v) is 8.01. The number of nitrogens with zero attached hydrogens (tertiary/aromatic N) is 2. The van der Waals surface area contributed by atoms with Crippen LogP contribution in [0.4, 0.5) is 5.69 Å². The van der Waals surface area contributed by atoms with Gasteiger partial charge in [-0.15, -0.1) is 0 Å². The number of aryl methyl sites for hydroxylation is 2. The molecule has 1 aliphatic rings. The Morgan fingerprint density at radius 1 is 1.44 bits per heavy atom. The van der Waals surface area contributed by atoms with Crippen LogP contribution in [0.25, 0.3) is 0 Å². The van der Waals surface area contributed by atoms with Crippen molar-refractivity contribution < 1.29 is 4.79 Å². The number of rotatable bonds is 5. The number of anilines is 1. The third-order valence-electron chi connectivity index (χ3n) is 4.11. The summed E-state index contributed by atoms with van der Waals surface area (Å²) < 4.78 is 2.67. The molecule has 0 fully saturated rings. The molecule has 0 saturated carbocycles. The smallest absolute Gasteiger partial charge is 0.254 e. The van der Waals surface area contributed by atoms with Crippen molar-refractivity contribution in [2.24, 2.45) is 0 Å². The highest BCUT2D eigenvalue weighted by Crippen LogP contribution is 2.32. The maximum absolute atomic E-state index is 12.4. The molecule has 2 aromatic rings. The Hall–Kier alpha value is -1.60. The number of aromatic nitrogens is 2. The summed E-state index contributed by atoms with van der Waals surface area (Å²) in [5.74, 6) is 0.606. The Balaban J connectivity index is 1.72. The average molecular weight is 422 g/mol. The molecule has 132 valence electrons. The third kappa shape index (κ3) is 4.15. The monoisotopic (exact) mass is 421 g/mol. The minimum atomic E-state index is -0.146. The van der Waals surface area contributed by atoms with Crippen molar-refractivity contribution in [3.63, 3.8) is 0 Å². The van der Waals surface area contributed by atoms with Gasteiger partial charge in [0.1, 0.15) is 0 Å². The van der Waals surface area contributed by atoms with E-state index in [0.717, 1.165) is 39.4 Å². The fourth-order valence-electron chi connectivity index (χ4n) is 2.88. The molecule has 1 aliphatic heterocycles. The fraction of sp³-hybridized carbons (Fsp3) is 0.389. The molecule has 1 atom stereocenters. The summed E-state index contributed by atoms with van der Waals surface area (Å²) in [6.45, 7) is 4.04. The lowest BCUT2D eigenvalue weighted by Gasteiger charge is -2.14. The molecule has 1 aromatic carbocycles. The Kier molecular flexibility index (Phi) is 5.64. The first-order valence-electron chi connectivity index (χ1n) is 8.29. The van der Waals surface area contributed by atoms with Gasteiger partial charge in [-0.25, -0.2) is 4.98 Å². The zero-order valence-corrected chi connectivity index (χ0v) is 16.6. The number of carbonyl (C=O) groups excluding carboxylic acids is 1. The zero-order valence-electron chi connectivity index (χ0n) is 14.2. The molecule has 1 unspecified atom stereocenters. The molecule has 0 spiro atoms. The minimum Gasteiger partial charge on any atom is -0.326 e. The van der Waals surface area contributed by atoms with Crippen LogP contribution < -0.4 is 10.9 Å². The van der Waals surface area contributed by atoms with Crippen molar-refractivity contribution in [1.29, 1.82) is 0 Å². The maximum atomic E-state index is 12.4. The maximum Gasteiger partial charge on any atom is 0.254 e. The normalized spacial score (nSPS) is 15.9. The molecule has 2 heterocycles. The van der Waals surface area contributed by atoms with Crippen molar-refractivity contribution in [1.82, 2.24) is 9.55 Å². The largest absolute Gasteiger partial charge is 0.326 e. The van der Waals surface area contributed by atoms with E-state index in [1.54, 1.807) is 22.4 Å². The van der Waals surface area contributed by atoms with Crippen molar-refractivity contribution in [2.75, 3.05) is 11.1 Å². The van der Waals surface area contributed by atoms with Gasteiger partial charge < -0.3 is 5.32 Å². The molecule has 1 N–H and O–H groups in total. The molecule has 1 aromatic heterocycles. The predicted octanol–water partition coefficient (Wildman–Crippen LogP) is 3.94. The first kappa shape index (κ1) is 18.2. The van der Waals surface area contributed by atoms with Gasteiger partial charge in [0.15, 0.2) is 5.16 Å². The lowest BCUT2D eigenvalue weighted by Crippen LogP contribution is -2.27. The van der Waals surface area contributed by atoms with Gasteiger partial charge in [-0.1, -0.05) is 41.0 Å². The Labute approximate surface area is 159 Å². The molecule has 0 bridgehead atoms. The van der Waals surface area contributed by atoms with Crippen LogP contribution in [-0.4, -0.2) is 21.2 Å². The number of halogens is 1. The Morgan fingerprint density at radius 2 is 2.24 bits per heavy atom. The summed E-state index contributed by atoms with van der Waals surface area (Å²) in [4.78, 5) is 29.4. The van der Waals surface area contributed by atoms with Crippen molar-refractivity contribution in [2.45, 2.75) is 44.3 Å². The summed E-state index contributed by atoms with van der Waals surface area (Å²) in [6.07, 6.45) is 2.03. The minimum absolute atomic E-state index is 0.0595. The van der Waals surface area contributed by atoms with Gasteiger partial charge in [-0.05, 0) is 37.1 Å². The topological polar surface area (TPSA) is 64.0 Å². The molecule has 3 rings (SSSR count). The number of amides is 1. The molecular weight excluding hydrogens is 402 g/mol. The molecule has 0 radical (unpaired) electrons. The van der Waals surface area contributed by atoms with Crippen molar-refractivity contribution in [3.8, 4) is 0 Å². The molecule has 0 saturated heterocycles. The lowest BCUT2D eigenvalue weighted by molar-refractivity contribution is -0.116. The fourth-order valence-corrected chi connectivity index (χ4v) is 4.30. The standard InChI is InChI=1S/C18H20BrN3O2S/c1-3-4-12-8-17(24)22-14(10-25-18(22)21-12)9-16(23)20-13-5-6-15(19)11(2)7-13/h5-8,14H,3-4,9-10H2,1-2H3,(H,20,23). The predicted molar refractivity (Wildman–Crippen MR) is 104 cm³/mol. The van der Waals surface area contributed by atoms with Gasteiger partial charge in [0, 0.05) is 34.1 Å². The zero-order chi connectivity index (χ0) is 18.0. The van der Waals surface area contributed by atoms with Gasteiger partial charge in [0.25, 0.3) is 5.56 Å². The van der Waals surface area contributed by atoms with Crippen LogP contribution in [0, 0.1) is 6.92 Å². The summed E-state index contributed by atoms with van der Waals surface area (Å²) in [5, 5.41) is 3.64. The van der Waals surface area contributed by atoms with E-state index >= 15 is 0 Å². The van der Waals surface area contributed by atoms with Gasteiger partial charge >= 0.3 is 0 Å². The highest BCUT2D eigenvalue weighted by Gasteiger charge is 2.27. The van der Waals surface area contributed by atoms with E-state index in [2.05, 4.69) is 33.2 Å². The second-order valence-electron chi connectivity index (χ2n) is 6.17. The number of thioether (sulfide) groups is 1. The number of fused-ring (bicyclic) bond motifs is 1. The van der Waals surface area contributed by atoms with E-state index in [9.17, 15) is 9.59 Å². The van der Waals surface area contributed by atoms with Crippen LogP contribution in [0.2, 0.25) is 0 Å². The van der Waals surface area contributed by atoms with Crippen LogP contribution in [-0.2, 0) is 11.2 Å². The van der Waals surface area contributed by atoms with Gasteiger partial charge in [-0.3, -0.25) is 14.2 Å². The number of hydrogen-bond donors (Lipinski definition) is 1. The first-order valence-corrected chi connectivity index (χ1v) is 10.1. The van der Waals surface area contributed by atoms with Gasteiger partial charge in [-0.2, -0.15) is 0 Å². The van der Waals surface area contributed by atoms with Crippen LogP contribution in [0.5, 0.6) is 0 Å². The van der Waals surface area contributed by atoms with Crippen LogP contribution in [0.1, 0.15) is 37.1 Å². The summed E-state index contributed by atoms with van der Waals surface area (Å²) in [5.41, 5.74) is 2.60. The average Bonchev–Trinajstić information content (AvgIpc) is 2.94. The van der Waals surface area contributed by atoms with E-state index in [4.69, 9.17) is 0 Å². The van der Waals surface area contributed by atoms with E-state index in [0.29, 0.717) is 5.75 Å². The van der Waals surface area contributed by atoms with E-state index in [1.807, 2.05) is 25.1 Å². The lowest BCUT2D eigenvalue weighted by atomic mass is 10.2. The van der Waals surface area contributed by atoms with Crippen LogP contribution in [0.3, 0.4) is 0 Å². The van der Waals surface area contributed by atoms with Gasteiger partial charge in [0.05, 0.1) is 6.04 Å². The van der Waals surface area contributed by atoms with Crippen LogP contribution in [0.15, 0.2) is 38.7 Å². The molecule has 5 nitrogen and oxygen atoms in total. The quantitative estimate of drug-likeness (QED) is 0.742. The highest BCUT2D eigenvalue weighted by molar-refractivity contribution is 9.10. The van der Waals surface area contributed by atoms with E-state index in [1.165, 1.54) is 0 Å². The summed E-state index contributed by atoms with van der Waals surface area (Å²) in [7, 11) is 0. The second kappa shape index (κ2) is 7.74. The van der Waals surface area contributed by atoms with Crippen molar-refractivity contribution >= 4 is 39.3 Å². The third-order valence-corrected chi connectivity index (χ3v) is 6.10. The Morgan fingerprint density at radius 3 is 2.96 bits per heavy atom. The number of benzene rings is 1. The molecule has 1 amide bonds. The van der Waals surface area contributed by atoms with Crippen LogP contribution >= 0.6 is 27.7 Å². The summed E-state index contributed by atoms with van der Waals surface area (Å²) >= 11 is 5.00. The first-order chi connectivity index (χ1) is 12.0. The SMILES string of the molecule is CCCc1cc(=O)n2c(n1)SCC2CC(=O)Nc1ccc(Br)c(C)c1. The van der Waals surface area contributed by atoms with Gasteiger partial charge in [0.2, 0.25) is 5.91 Å². The molecular formula is C18H20BrN3O2S. The highest BCUT2D eigenvalue weighted by atomic mass is 79.9. The Bertz CT molecular complexity index is 866. The summed E-state index contributed by atoms with van der Waals surface area (Å²) in [6, 6.07) is 7.14. The molecule has 0 aliphatic carbocycles. The van der Waals surface area contributed by atoms with E-state index < -0.39 is 0 Å². The number of hydrogen-bond acceptors (Lipinski definition) is 4. The number of nitrogens with one attached hydrogen (secondary N) is 1. The van der Waals surface area contributed by atoms with Crippen molar-refractivity contribution in [3.05, 3.63) is 50.3 Å². The van der Waals surface area contributed by atoms with E-state index in [-0.39, 0.29) is 23.9 Å². The number of carbonyl (C=O) groups is 1. The molecule has 7 heteroatoms. The molecule has 25 heavy (non-hydrogen) atoms.